The largest absolute Gasteiger partial charge is 0.352 e. The maximum atomic E-state index is 13.1. The van der Waals surface area contributed by atoms with Crippen LogP contribution in [0.1, 0.15) is 12.5 Å². The Labute approximate surface area is 152 Å². The molecule has 3 heterocycles. The summed E-state index contributed by atoms with van der Waals surface area (Å²) < 4.78 is 0. The van der Waals surface area contributed by atoms with Crippen molar-refractivity contribution < 1.29 is 9.59 Å². The molecule has 1 saturated heterocycles. The topological polar surface area (TPSA) is 69.6 Å². The van der Waals surface area contributed by atoms with E-state index in [1.807, 2.05) is 41.3 Å². The van der Waals surface area contributed by atoms with Gasteiger partial charge in [0.2, 0.25) is 11.8 Å². The lowest BCUT2D eigenvalue weighted by Crippen LogP contribution is -2.55. The number of fused-ring (bicyclic) bond motifs is 1. The minimum atomic E-state index is -0.437. The van der Waals surface area contributed by atoms with Gasteiger partial charge < -0.3 is 9.80 Å². The monoisotopic (exact) mass is 351 g/mol. The molecular formula is C19H21N5O2. The number of benzene rings is 1. The normalized spacial score (nSPS) is 19.4. The van der Waals surface area contributed by atoms with Crippen LogP contribution in [0.2, 0.25) is 0 Å². The van der Waals surface area contributed by atoms with Crippen molar-refractivity contribution in [3.05, 3.63) is 48.2 Å². The SMILES string of the molecule is CC(=O)N1c2ccccc2C[C@H]1C(=O)N1CCN(c2cccnn2)CC1. The summed E-state index contributed by atoms with van der Waals surface area (Å²) in [6, 6.07) is 11.1. The maximum absolute atomic E-state index is 13.1. The van der Waals surface area contributed by atoms with Crippen LogP contribution in [0.25, 0.3) is 0 Å². The fourth-order valence-electron chi connectivity index (χ4n) is 3.80. The first-order valence-corrected chi connectivity index (χ1v) is 8.84. The second kappa shape index (κ2) is 6.74. The van der Waals surface area contributed by atoms with Crippen molar-refractivity contribution in [3.63, 3.8) is 0 Å². The Morgan fingerprint density at radius 1 is 1.04 bits per heavy atom. The lowest BCUT2D eigenvalue weighted by Gasteiger charge is -2.37. The van der Waals surface area contributed by atoms with Crippen molar-refractivity contribution in [1.29, 1.82) is 0 Å². The fourth-order valence-corrected chi connectivity index (χ4v) is 3.80. The second-order valence-corrected chi connectivity index (χ2v) is 6.63. The van der Waals surface area contributed by atoms with E-state index in [1.54, 1.807) is 11.1 Å². The maximum Gasteiger partial charge on any atom is 0.246 e. The molecule has 0 spiro atoms. The number of nitrogens with zero attached hydrogens (tertiary/aromatic N) is 5. The van der Waals surface area contributed by atoms with Crippen molar-refractivity contribution in [2.45, 2.75) is 19.4 Å². The summed E-state index contributed by atoms with van der Waals surface area (Å²) in [5.74, 6) is 0.764. The number of carbonyl (C=O) groups is 2. The van der Waals surface area contributed by atoms with Gasteiger partial charge in [0.1, 0.15) is 6.04 Å². The molecule has 1 fully saturated rings. The highest BCUT2D eigenvalue weighted by molar-refractivity contribution is 6.02. The van der Waals surface area contributed by atoms with Gasteiger partial charge >= 0.3 is 0 Å². The number of hydrogen-bond acceptors (Lipinski definition) is 5. The molecule has 0 radical (unpaired) electrons. The molecule has 2 aromatic rings. The highest BCUT2D eigenvalue weighted by atomic mass is 16.2. The van der Waals surface area contributed by atoms with Crippen molar-refractivity contribution >= 4 is 23.3 Å². The first-order chi connectivity index (χ1) is 12.6. The van der Waals surface area contributed by atoms with Crippen molar-refractivity contribution in [2.24, 2.45) is 0 Å². The Balaban J connectivity index is 1.46. The smallest absolute Gasteiger partial charge is 0.246 e. The van der Waals surface area contributed by atoms with Gasteiger partial charge in [-0.25, -0.2) is 0 Å². The summed E-state index contributed by atoms with van der Waals surface area (Å²) in [6.45, 7) is 4.19. The zero-order valence-electron chi connectivity index (χ0n) is 14.7. The summed E-state index contributed by atoms with van der Waals surface area (Å²) in [6.07, 6.45) is 2.23. The van der Waals surface area contributed by atoms with E-state index >= 15 is 0 Å². The molecule has 2 aliphatic heterocycles. The standard InChI is InChI=1S/C19H21N5O2/c1-14(25)24-16-6-3-2-5-15(16)13-17(24)19(26)23-11-9-22(10-12-23)18-7-4-8-20-21-18/h2-8,17H,9-13H2,1H3/t17-/m0/s1. The Kier molecular flexibility index (Phi) is 4.28. The molecule has 134 valence electrons. The Bertz CT molecular complexity index is 818. The molecule has 1 aromatic heterocycles. The lowest BCUT2D eigenvalue weighted by molar-refractivity contribution is -0.134. The number of rotatable bonds is 2. The minimum Gasteiger partial charge on any atom is -0.352 e. The highest BCUT2D eigenvalue weighted by Crippen LogP contribution is 2.33. The van der Waals surface area contributed by atoms with Gasteiger partial charge in [0, 0.05) is 51.4 Å². The first-order valence-electron chi connectivity index (χ1n) is 8.84. The van der Waals surface area contributed by atoms with E-state index in [4.69, 9.17) is 0 Å². The number of carbonyl (C=O) groups excluding carboxylic acids is 2. The highest BCUT2D eigenvalue weighted by Gasteiger charge is 2.39. The zero-order chi connectivity index (χ0) is 18.1. The van der Waals surface area contributed by atoms with E-state index < -0.39 is 6.04 Å². The van der Waals surface area contributed by atoms with Crippen LogP contribution >= 0.6 is 0 Å². The molecule has 4 rings (SSSR count). The van der Waals surface area contributed by atoms with Gasteiger partial charge in [-0.15, -0.1) is 5.10 Å². The van der Waals surface area contributed by atoms with Gasteiger partial charge in [-0.3, -0.25) is 14.5 Å². The zero-order valence-corrected chi connectivity index (χ0v) is 14.7. The van der Waals surface area contributed by atoms with Crippen LogP contribution < -0.4 is 9.80 Å². The number of piperazine rings is 1. The van der Waals surface area contributed by atoms with Crippen LogP contribution in [-0.4, -0.2) is 59.1 Å². The average Bonchev–Trinajstić information content (AvgIpc) is 3.08. The molecule has 7 heteroatoms. The molecule has 0 N–H and O–H groups in total. The van der Waals surface area contributed by atoms with Crippen molar-refractivity contribution in [2.75, 3.05) is 36.0 Å². The van der Waals surface area contributed by atoms with E-state index in [9.17, 15) is 9.59 Å². The lowest BCUT2D eigenvalue weighted by atomic mass is 10.1. The molecule has 7 nitrogen and oxygen atoms in total. The Morgan fingerprint density at radius 3 is 2.50 bits per heavy atom. The number of anilines is 2. The van der Waals surface area contributed by atoms with Crippen LogP contribution in [0, 0.1) is 0 Å². The predicted octanol–water partition coefficient (Wildman–Crippen LogP) is 1.10. The molecular weight excluding hydrogens is 330 g/mol. The molecule has 0 aliphatic carbocycles. The molecule has 0 unspecified atom stereocenters. The summed E-state index contributed by atoms with van der Waals surface area (Å²) >= 11 is 0. The van der Waals surface area contributed by atoms with E-state index in [0.29, 0.717) is 32.6 Å². The Hall–Kier alpha value is -2.96. The van der Waals surface area contributed by atoms with E-state index in [2.05, 4.69) is 15.1 Å². The quantitative estimate of drug-likeness (QED) is 0.810. The third-order valence-electron chi connectivity index (χ3n) is 5.07. The minimum absolute atomic E-state index is 0.0233. The van der Waals surface area contributed by atoms with Crippen LogP contribution in [0.4, 0.5) is 11.5 Å². The van der Waals surface area contributed by atoms with Gasteiger partial charge in [-0.1, -0.05) is 18.2 Å². The van der Waals surface area contributed by atoms with Crippen molar-refractivity contribution in [3.8, 4) is 0 Å². The van der Waals surface area contributed by atoms with Crippen LogP contribution in [0.15, 0.2) is 42.6 Å². The Morgan fingerprint density at radius 2 is 1.81 bits per heavy atom. The third kappa shape index (κ3) is 2.89. The second-order valence-electron chi connectivity index (χ2n) is 6.63. The molecule has 0 bridgehead atoms. The molecule has 26 heavy (non-hydrogen) atoms. The van der Waals surface area contributed by atoms with Crippen molar-refractivity contribution in [1.82, 2.24) is 15.1 Å². The molecule has 1 atom stereocenters. The summed E-state index contributed by atoms with van der Waals surface area (Å²) in [7, 11) is 0. The molecule has 0 saturated carbocycles. The fraction of sp³-hybridized carbons (Fsp3) is 0.368. The number of hydrogen-bond donors (Lipinski definition) is 0. The van der Waals surface area contributed by atoms with E-state index in [1.165, 1.54) is 6.92 Å². The van der Waals surface area contributed by atoms with Crippen LogP contribution in [0.3, 0.4) is 0 Å². The summed E-state index contributed by atoms with van der Waals surface area (Å²) in [5.41, 5.74) is 1.91. The average molecular weight is 351 g/mol. The van der Waals surface area contributed by atoms with Gasteiger partial charge in [-0.2, -0.15) is 5.10 Å². The third-order valence-corrected chi connectivity index (χ3v) is 5.07. The van der Waals surface area contributed by atoms with Crippen LogP contribution in [-0.2, 0) is 16.0 Å². The number of para-hydroxylation sites is 1. The molecule has 2 aliphatic rings. The summed E-state index contributed by atoms with van der Waals surface area (Å²) in [5, 5.41) is 8.04. The first kappa shape index (κ1) is 16.5. The number of amides is 2. The van der Waals surface area contributed by atoms with E-state index in [-0.39, 0.29) is 11.8 Å². The molecule has 1 aromatic carbocycles. The molecule has 2 amide bonds. The van der Waals surface area contributed by atoms with E-state index in [0.717, 1.165) is 17.1 Å². The van der Waals surface area contributed by atoms with Gasteiger partial charge in [-0.05, 0) is 23.8 Å². The van der Waals surface area contributed by atoms with Gasteiger partial charge in [0.25, 0.3) is 0 Å². The van der Waals surface area contributed by atoms with Gasteiger partial charge in [0.15, 0.2) is 5.82 Å². The predicted molar refractivity (Wildman–Crippen MR) is 97.9 cm³/mol. The van der Waals surface area contributed by atoms with Crippen LogP contribution in [0.5, 0.6) is 0 Å². The number of aromatic nitrogens is 2. The van der Waals surface area contributed by atoms with Gasteiger partial charge in [0.05, 0.1) is 0 Å². The summed E-state index contributed by atoms with van der Waals surface area (Å²) in [4.78, 5) is 30.9.